The van der Waals surface area contributed by atoms with Crippen molar-refractivity contribution in [1.29, 1.82) is 0 Å². The highest BCUT2D eigenvalue weighted by atomic mass is 16.5. The van der Waals surface area contributed by atoms with Crippen LogP contribution < -0.4 is 0 Å². The van der Waals surface area contributed by atoms with Crippen molar-refractivity contribution in [2.75, 3.05) is 7.11 Å². The molecule has 0 bridgehead atoms. The third-order valence-electron chi connectivity index (χ3n) is 3.09. The molecule has 0 atom stereocenters. The molecule has 0 heterocycles. The molecule has 1 saturated carbocycles. The van der Waals surface area contributed by atoms with Gasteiger partial charge in [0.2, 0.25) is 0 Å². The second-order valence-electron chi connectivity index (χ2n) is 4.32. The standard InChI is InChI=1S/C13H20O3/c1-10(11-7-5-8-12(11)14)6-3-4-9-13(15)16-2/h3-9H2,1-2H3/b11-10-. The predicted molar refractivity (Wildman–Crippen MR) is 62.0 cm³/mol. The summed E-state index contributed by atoms with van der Waals surface area (Å²) in [5, 5.41) is 0. The van der Waals surface area contributed by atoms with E-state index in [9.17, 15) is 9.59 Å². The monoisotopic (exact) mass is 224 g/mol. The summed E-state index contributed by atoms with van der Waals surface area (Å²) < 4.78 is 4.57. The number of rotatable bonds is 5. The fourth-order valence-electron chi connectivity index (χ4n) is 2.08. The zero-order valence-electron chi connectivity index (χ0n) is 10.2. The number of hydrogen-bond acceptors (Lipinski definition) is 3. The van der Waals surface area contributed by atoms with Crippen molar-refractivity contribution in [2.45, 2.75) is 51.9 Å². The van der Waals surface area contributed by atoms with Crippen LogP contribution in [0.4, 0.5) is 0 Å². The van der Waals surface area contributed by atoms with E-state index in [0.29, 0.717) is 12.2 Å². The second-order valence-corrected chi connectivity index (χ2v) is 4.32. The molecule has 1 aliphatic rings. The molecule has 1 aliphatic carbocycles. The van der Waals surface area contributed by atoms with Crippen LogP contribution in [0.3, 0.4) is 0 Å². The first-order valence-electron chi connectivity index (χ1n) is 5.93. The van der Waals surface area contributed by atoms with Crippen LogP contribution in [0.15, 0.2) is 11.1 Å². The van der Waals surface area contributed by atoms with Gasteiger partial charge in [-0.25, -0.2) is 0 Å². The van der Waals surface area contributed by atoms with Gasteiger partial charge in [-0.1, -0.05) is 5.57 Å². The Kier molecular flexibility index (Phi) is 5.23. The summed E-state index contributed by atoms with van der Waals surface area (Å²) in [7, 11) is 1.41. The van der Waals surface area contributed by atoms with Gasteiger partial charge in [-0.15, -0.1) is 0 Å². The van der Waals surface area contributed by atoms with Crippen LogP contribution in [0.2, 0.25) is 0 Å². The van der Waals surface area contributed by atoms with Crippen molar-refractivity contribution >= 4 is 11.8 Å². The molecule has 0 aromatic heterocycles. The minimum absolute atomic E-state index is 0.151. The van der Waals surface area contributed by atoms with E-state index in [4.69, 9.17) is 0 Å². The number of carbonyl (C=O) groups excluding carboxylic acids is 2. The van der Waals surface area contributed by atoms with Gasteiger partial charge in [0.25, 0.3) is 0 Å². The summed E-state index contributed by atoms with van der Waals surface area (Å²) in [4.78, 5) is 22.3. The van der Waals surface area contributed by atoms with E-state index in [1.54, 1.807) is 0 Å². The van der Waals surface area contributed by atoms with Crippen molar-refractivity contribution in [2.24, 2.45) is 0 Å². The second kappa shape index (κ2) is 6.46. The highest BCUT2D eigenvalue weighted by Gasteiger charge is 2.18. The molecule has 1 rings (SSSR count). The molecular weight excluding hydrogens is 204 g/mol. The van der Waals surface area contributed by atoms with Crippen molar-refractivity contribution in [3.63, 3.8) is 0 Å². The Hall–Kier alpha value is -1.12. The molecule has 16 heavy (non-hydrogen) atoms. The molecule has 0 spiro atoms. The first-order valence-corrected chi connectivity index (χ1v) is 5.93. The number of allylic oxidation sites excluding steroid dienone is 2. The SMILES string of the molecule is COC(=O)CCCC/C(C)=C1/CCCC1=O. The summed E-state index contributed by atoms with van der Waals surface area (Å²) in [5.41, 5.74) is 2.26. The minimum atomic E-state index is -0.151. The van der Waals surface area contributed by atoms with Gasteiger partial charge in [0, 0.05) is 12.8 Å². The number of esters is 1. The van der Waals surface area contributed by atoms with Crippen LogP contribution in [0.5, 0.6) is 0 Å². The van der Waals surface area contributed by atoms with Crippen LogP contribution in [-0.4, -0.2) is 18.9 Å². The van der Waals surface area contributed by atoms with E-state index in [1.807, 2.05) is 6.92 Å². The third-order valence-corrected chi connectivity index (χ3v) is 3.09. The Bertz CT molecular complexity index is 302. The topological polar surface area (TPSA) is 43.4 Å². The van der Waals surface area contributed by atoms with Gasteiger partial charge >= 0.3 is 5.97 Å². The highest BCUT2D eigenvalue weighted by Crippen LogP contribution is 2.26. The smallest absolute Gasteiger partial charge is 0.305 e. The molecule has 0 radical (unpaired) electrons. The quantitative estimate of drug-likeness (QED) is 0.410. The molecule has 0 aliphatic heterocycles. The number of ketones is 1. The summed E-state index contributed by atoms with van der Waals surface area (Å²) in [5.74, 6) is 0.174. The highest BCUT2D eigenvalue weighted by molar-refractivity contribution is 5.97. The first-order chi connectivity index (χ1) is 7.65. The van der Waals surface area contributed by atoms with Gasteiger partial charge in [0.15, 0.2) is 5.78 Å². The molecule has 1 fully saturated rings. The van der Waals surface area contributed by atoms with Crippen LogP contribution in [-0.2, 0) is 14.3 Å². The molecule has 3 heteroatoms. The van der Waals surface area contributed by atoms with Crippen LogP contribution in [0.25, 0.3) is 0 Å². The van der Waals surface area contributed by atoms with E-state index in [2.05, 4.69) is 4.74 Å². The third kappa shape index (κ3) is 3.80. The summed E-state index contributed by atoms with van der Waals surface area (Å²) >= 11 is 0. The molecule has 90 valence electrons. The Labute approximate surface area is 96.9 Å². The zero-order valence-corrected chi connectivity index (χ0v) is 10.2. The molecular formula is C13H20O3. The van der Waals surface area contributed by atoms with E-state index >= 15 is 0 Å². The Morgan fingerprint density at radius 3 is 2.50 bits per heavy atom. The van der Waals surface area contributed by atoms with Gasteiger partial charge in [-0.3, -0.25) is 9.59 Å². The number of hydrogen-bond donors (Lipinski definition) is 0. The predicted octanol–water partition coefficient (Wildman–Crippen LogP) is 2.79. The summed E-state index contributed by atoms with van der Waals surface area (Å²) in [6.07, 6.45) is 5.87. The van der Waals surface area contributed by atoms with Crippen LogP contribution in [0, 0.1) is 0 Å². The molecule has 3 nitrogen and oxygen atoms in total. The maximum Gasteiger partial charge on any atom is 0.305 e. The summed E-state index contributed by atoms with van der Waals surface area (Å²) in [6, 6.07) is 0. The molecule has 0 aromatic carbocycles. The summed E-state index contributed by atoms with van der Waals surface area (Å²) in [6.45, 7) is 2.04. The average molecular weight is 224 g/mol. The van der Waals surface area contributed by atoms with Gasteiger partial charge in [0.05, 0.1) is 7.11 Å². The van der Waals surface area contributed by atoms with Gasteiger partial charge in [-0.2, -0.15) is 0 Å². The number of carbonyl (C=O) groups is 2. The van der Waals surface area contributed by atoms with Crippen LogP contribution in [0.1, 0.15) is 51.9 Å². The Morgan fingerprint density at radius 1 is 1.25 bits per heavy atom. The lowest BCUT2D eigenvalue weighted by Gasteiger charge is -2.04. The number of unbranched alkanes of at least 4 members (excludes halogenated alkanes) is 1. The molecule has 0 amide bonds. The van der Waals surface area contributed by atoms with Crippen LogP contribution >= 0.6 is 0 Å². The lowest BCUT2D eigenvalue weighted by Crippen LogP contribution is -2.00. The van der Waals surface area contributed by atoms with Gasteiger partial charge < -0.3 is 4.74 Å². The molecule has 0 saturated heterocycles. The van der Waals surface area contributed by atoms with E-state index in [1.165, 1.54) is 12.7 Å². The van der Waals surface area contributed by atoms with E-state index in [0.717, 1.165) is 44.1 Å². The van der Waals surface area contributed by atoms with Gasteiger partial charge in [0.1, 0.15) is 0 Å². The van der Waals surface area contributed by atoms with Gasteiger partial charge in [-0.05, 0) is 44.6 Å². The number of Topliss-reactive ketones (excluding diaryl/α,β-unsaturated/α-hetero) is 1. The first kappa shape index (κ1) is 12.9. The molecule has 0 unspecified atom stereocenters. The van der Waals surface area contributed by atoms with Crippen molar-refractivity contribution in [1.82, 2.24) is 0 Å². The number of methoxy groups -OCH3 is 1. The fraction of sp³-hybridized carbons (Fsp3) is 0.692. The van der Waals surface area contributed by atoms with Crippen molar-refractivity contribution in [3.8, 4) is 0 Å². The number of ether oxygens (including phenoxy) is 1. The Balaban J connectivity index is 2.27. The van der Waals surface area contributed by atoms with Crippen molar-refractivity contribution in [3.05, 3.63) is 11.1 Å². The average Bonchev–Trinajstić information content (AvgIpc) is 2.70. The van der Waals surface area contributed by atoms with Crippen molar-refractivity contribution < 1.29 is 14.3 Å². The van der Waals surface area contributed by atoms with E-state index < -0.39 is 0 Å². The zero-order chi connectivity index (χ0) is 12.0. The normalized spacial score (nSPS) is 18.8. The largest absolute Gasteiger partial charge is 0.469 e. The Morgan fingerprint density at radius 2 is 1.94 bits per heavy atom. The van der Waals surface area contributed by atoms with E-state index in [-0.39, 0.29) is 5.97 Å². The maximum absolute atomic E-state index is 11.5. The maximum atomic E-state index is 11.5. The lowest BCUT2D eigenvalue weighted by molar-refractivity contribution is -0.140. The fourth-order valence-corrected chi connectivity index (χ4v) is 2.08. The molecule has 0 N–H and O–H groups in total. The lowest BCUT2D eigenvalue weighted by atomic mass is 10.0. The molecule has 0 aromatic rings. The minimum Gasteiger partial charge on any atom is -0.469 e.